The summed E-state index contributed by atoms with van der Waals surface area (Å²) in [6.45, 7) is 0. The number of hydrogen-bond acceptors (Lipinski definition) is 4. The van der Waals surface area contributed by atoms with Crippen molar-refractivity contribution in [2.75, 3.05) is 0 Å². The van der Waals surface area contributed by atoms with Crippen LogP contribution in [0, 0.1) is 0 Å². The summed E-state index contributed by atoms with van der Waals surface area (Å²) in [5.41, 5.74) is 1.43. The zero-order valence-electron chi connectivity index (χ0n) is 6.68. The molecule has 0 amide bonds. The minimum Gasteiger partial charge on any atom is -0.298 e. The molecular formula is C9H6N2OS. The molecule has 0 aliphatic rings. The quantitative estimate of drug-likeness (QED) is 0.680. The molecule has 0 N–H and O–H groups in total. The van der Waals surface area contributed by atoms with Crippen LogP contribution >= 0.6 is 11.3 Å². The summed E-state index contributed by atoms with van der Waals surface area (Å²) >= 11 is 1.50. The predicted molar refractivity (Wildman–Crippen MR) is 50.7 cm³/mol. The van der Waals surface area contributed by atoms with Crippen LogP contribution in [0.2, 0.25) is 0 Å². The molecule has 0 spiro atoms. The number of carbonyl (C=O) groups excluding carboxylic acids is 1. The molecule has 2 rings (SSSR count). The molecular weight excluding hydrogens is 184 g/mol. The number of pyridine rings is 1. The molecule has 0 bridgehead atoms. The molecule has 3 nitrogen and oxygen atoms in total. The third-order valence-corrected chi connectivity index (χ3v) is 2.45. The fourth-order valence-electron chi connectivity index (χ4n) is 1.04. The highest BCUT2D eigenvalue weighted by molar-refractivity contribution is 7.13. The van der Waals surface area contributed by atoms with E-state index in [0.717, 1.165) is 16.9 Å². The monoisotopic (exact) mass is 190 g/mol. The Morgan fingerprint density at radius 3 is 3.00 bits per heavy atom. The summed E-state index contributed by atoms with van der Waals surface area (Å²) in [4.78, 5) is 18.7. The van der Waals surface area contributed by atoms with Crippen molar-refractivity contribution < 1.29 is 4.79 Å². The number of rotatable bonds is 2. The molecule has 4 heteroatoms. The first kappa shape index (κ1) is 8.07. The van der Waals surface area contributed by atoms with E-state index in [1.165, 1.54) is 11.3 Å². The lowest BCUT2D eigenvalue weighted by Crippen LogP contribution is -1.87. The van der Waals surface area contributed by atoms with Crippen LogP contribution in [0.25, 0.3) is 10.6 Å². The first-order chi connectivity index (χ1) is 6.42. The first-order valence-electron chi connectivity index (χ1n) is 3.71. The number of nitrogens with zero attached hydrogens (tertiary/aromatic N) is 2. The molecule has 2 aromatic rings. The van der Waals surface area contributed by atoms with Gasteiger partial charge in [0, 0.05) is 35.1 Å². The minimum atomic E-state index is 0.630. The van der Waals surface area contributed by atoms with Crippen LogP contribution in [-0.2, 0) is 0 Å². The van der Waals surface area contributed by atoms with E-state index in [4.69, 9.17) is 0 Å². The van der Waals surface area contributed by atoms with Crippen LogP contribution in [0.1, 0.15) is 10.4 Å². The standard InChI is InChI=1S/C9H6N2OS/c12-6-7-1-2-10-5-8(7)9-11-3-4-13-9/h1-6H. The highest BCUT2D eigenvalue weighted by Gasteiger charge is 2.05. The third-order valence-electron chi connectivity index (χ3n) is 1.64. The molecule has 0 radical (unpaired) electrons. The molecule has 0 aliphatic carbocycles. The molecule has 13 heavy (non-hydrogen) atoms. The van der Waals surface area contributed by atoms with Crippen LogP contribution in [0.3, 0.4) is 0 Å². The zero-order chi connectivity index (χ0) is 9.10. The smallest absolute Gasteiger partial charge is 0.150 e. The predicted octanol–water partition coefficient (Wildman–Crippen LogP) is 2.02. The van der Waals surface area contributed by atoms with Crippen molar-refractivity contribution in [2.24, 2.45) is 0 Å². The average Bonchev–Trinajstić information content (AvgIpc) is 2.70. The summed E-state index contributed by atoms with van der Waals surface area (Å²) in [7, 11) is 0. The van der Waals surface area contributed by atoms with Gasteiger partial charge in [-0.25, -0.2) is 4.98 Å². The van der Waals surface area contributed by atoms with Crippen molar-refractivity contribution in [1.29, 1.82) is 0 Å². The Morgan fingerprint density at radius 2 is 2.31 bits per heavy atom. The Labute approximate surface area is 79.1 Å². The number of hydrogen-bond donors (Lipinski definition) is 0. The van der Waals surface area contributed by atoms with Gasteiger partial charge in [0.1, 0.15) is 5.01 Å². The number of thiazole rings is 1. The first-order valence-corrected chi connectivity index (χ1v) is 4.59. The summed E-state index contributed by atoms with van der Waals surface area (Å²) in [6, 6.07) is 1.68. The second-order valence-corrected chi connectivity index (χ2v) is 3.31. The molecule has 0 atom stereocenters. The van der Waals surface area contributed by atoms with Crippen LogP contribution < -0.4 is 0 Å². The van der Waals surface area contributed by atoms with Gasteiger partial charge in [-0.3, -0.25) is 9.78 Å². The fourth-order valence-corrected chi connectivity index (χ4v) is 1.71. The van der Waals surface area contributed by atoms with Gasteiger partial charge >= 0.3 is 0 Å². The lowest BCUT2D eigenvalue weighted by molar-refractivity contribution is 0.112. The highest BCUT2D eigenvalue weighted by Crippen LogP contribution is 2.23. The van der Waals surface area contributed by atoms with E-state index in [-0.39, 0.29) is 0 Å². The Kier molecular flexibility index (Phi) is 2.14. The molecule has 0 aliphatic heterocycles. The number of aldehydes is 1. The van der Waals surface area contributed by atoms with Crippen LogP contribution in [0.15, 0.2) is 30.0 Å². The minimum absolute atomic E-state index is 0.630. The highest BCUT2D eigenvalue weighted by atomic mass is 32.1. The third kappa shape index (κ3) is 1.48. The lowest BCUT2D eigenvalue weighted by Gasteiger charge is -1.97. The second-order valence-electron chi connectivity index (χ2n) is 2.42. The van der Waals surface area contributed by atoms with Gasteiger partial charge < -0.3 is 0 Å². The SMILES string of the molecule is O=Cc1ccncc1-c1nccs1. The van der Waals surface area contributed by atoms with Crippen molar-refractivity contribution >= 4 is 17.6 Å². The fraction of sp³-hybridized carbons (Fsp3) is 0. The Bertz CT molecular complexity index is 411. The van der Waals surface area contributed by atoms with E-state index >= 15 is 0 Å². The van der Waals surface area contributed by atoms with Gasteiger partial charge in [0.05, 0.1) is 0 Å². The van der Waals surface area contributed by atoms with Crippen LogP contribution in [0.5, 0.6) is 0 Å². The molecule has 0 aromatic carbocycles. The number of carbonyl (C=O) groups is 1. The summed E-state index contributed by atoms with van der Waals surface area (Å²) in [6.07, 6.45) is 5.78. The van der Waals surface area contributed by atoms with Gasteiger partial charge in [0.15, 0.2) is 6.29 Å². The Balaban J connectivity index is 2.57. The zero-order valence-corrected chi connectivity index (χ0v) is 7.49. The van der Waals surface area contributed by atoms with Crippen molar-refractivity contribution in [2.45, 2.75) is 0 Å². The van der Waals surface area contributed by atoms with Crippen LogP contribution in [0.4, 0.5) is 0 Å². The van der Waals surface area contributed by atoms with Gasteiger partial charge in [-0.2, -0.15) is 0 Å². The molecule has 64 valence electrons. The molecule has 2 heterocycles. The van der Waals surface area contributed by atoms with E-state index < -0.39 is 0 Å². The van der Waals surface area contributed by atoms with Crippen LogP contribution in [-0.4, -0.2) is 16.3 Å². The van der Waals surface area contributed by atoms with Crippen molar-refractivity contribution in [3.05, 3.63) is 35.6 Å². The van der Waals surface area contributed by atoms with E-state index in [0.29, 0.717) is 5.56 Å². The molecule has 0 fully saturated rings. The molecule has 0 saturated heterocycles. The Morgan fingerprint density at radius 1 is 1.38 bits per heavy atom. The van der Waals surface area contributed by atoms with E-state index in [2.05, 4.69) is 9.97 Å². The normalized spacial score (nSPS) is 9.85. The van der Waals surface area contributed by atoms with Crippen molar-refractivity contribution in [1.82, 2.24) is 9.97 Å². The van der Waals surface area contributed by atoms with Gasteiger partial charge in [-0.1, -0.05) is 0 Å². The topological polar surface area (TPSA) is 42.9 Å². The Hall–Kier alpha value is -1.55. The van der Waals surface area contributed by atoms with E-state index in [1.54, 1.807) is 24.7 Å². The van der Waals surface area contributed by atoms with E-state index in [1.807, 2.05) is 5.38 Å². The summed E-state index contributed by atoms with van der Waals surface area (Å²) in [5, 5.41) is 2.70. The average molecular weight is 190 g/mol. The van der Waals surface area contributed by atoms with Crippen molar-refractivity contribution in [3.63, 3.8) is 0 Å². The second kappa shape index (κ2) is 3.45. The van der Waals surface area contributed by atoms with Gasteiger partial charge in [0.2, 0.25) is 0 Å². The molecule has 2 aromatic heterocycles. The molecule has 0 saturated carbocycles. The van der Waals surface area contributed by atoms with Crippen molar-refractivity contribution in [3.8, 4) is 10.6 Å². The van der Waals surface area contributed by atoms with E-state index in [9.17, 15) is 4.79 Å². The maximum Gasteiger partial charge on any atom is 0.150 e. The number of aromatic nitrogens is 2. The largest absolute Gasteiger partial charge is 0.298 e. The van der Waals surface area contributed by atoms with Gasteiger partial charge in [-0.05, 0) is 6.07 Å². The molecule has 0 unspecified atom stereocenters. The van der Waals surface area contributed by atoms with Gasteiger partial charge in [-0.15, -0.1) is 11.3 Å². The summed E-state index contributed by atoms with van der Waals surface area (Å²) in [5.74, 6) is 0. The lowest BCUT2D eigenvalue weighted by atomic mass is 10.2. The maximum absolute atomic E-state index is 10.7. The summed E-state index contributed by atoms with van der Waals surface area (Å²) < 4.78 is 0. The maximum atomic E-state index is 10.7. The van der Waals surface area contributed by atoms with Gasteiger partial charge in [0.25, 0.3) is 0 Å².